The number of thiazole rings is 1. The molecule has 0 radical (unpaired) electrons. The summed E-state index contributed by atoms with van der Waals surface area (Å²) >= 11 is 1.19. The SMILES string of the molecule is CCOC(=O)c1nc(-c2cccc(CN)c2)sc1C(C)=O. The predicted molar refractivity (Wildman–Crippen MR) is 81.4 cm³/mol. The maximum atomic E-state index is 11.9. The number of ether oxygens (including phenoxy) is 1. The number of aromatic nitrogens is 1. The van der Waals surface area contributed by atoms with E-state index in [4.69, 9.17) is 10.5 Å². The fourth-order valence-corrected chi connectivity index (χ4v) is 2.80. The molecule has 5 nitrogen and oxygen atoms in total. The summed E-state index contributed by atoms with van der Waals surface area (Å²) in [5.41, 5.74) is 7.51. The third-order valence-electron chi connectivity index (χ3n) is 2.83. The van der Waals surface area contributed by atoms with Crippen LogP contribution >= 0.6 is 11.3 Å². The van der Waals surface area contributed by atoms with Crippen LogP contribution in [-0.2, 0) is 11.3 Å². The molecule has 2 rings (SSSR count). The van der Waals surface area contributed by atoms with Gasteiger partial charge in [0.1, 0.15) is 9.88 Å². The van der Waals surface area contributed by atoms with Crippen LogP contribution in [0.4, 0.5) is 0 Å². The smallest absolute Gasteiger partial charge is 0.358 e. The molecular weight excluding hydrogens is 288 g/mol. The molecule has 1 aromatic carbocycles. The number of nitrogens with zero attached hydrogens (tertiary/aromatic N) is 1. The summed E-state index contributed by atoms with van der Waals surface area (Å²) in [6.07, 6.45) is 0. The molecule has 21 heavy (non-hydrogen) atoms. The zero-order chi connectivity index (χ0) is 15.4. The van der Waals surface area contributed by atoms with E-state index in [-0.39, 0.29) is 18.1 Å². The number of nitrogens with two attached hydrogens (primary N) is 1. The van der Waals surface area contributed by atoms with E-state index in [0.29, 0.717) is 16.4 Å². The number of carbonyl (C=O) groups is 2. The second-order valence-electron chi connectivity index (χ2n) is 4.38. The van der Waals surface area contributed by atoms with Crippen LogP contribution in [0.15, 0.2) is 24.3 Å². The zero-order valence-electron chi connectivity index (χ0n) is 11.9. The van der Waals surface area contributed by atoms with Crippen molar-refractivity contribution in [1.82, 2.24) is 4.98 Å². The van der Waals surface area contributed by atoms with Crippen molar-refractivity contribution in [3.63, 3.8) is 0 Å². The van der Waals surface area contributed by atoms with Crippen molar-refractivity contribution in [3.8, 4) is 10.6 Å². The second-order valence-corrected chi connectivity index (χ2v) is 5.38. The first-order valence-corrected chi connectivity index (χ1v) is 7.36. The lowest BCUT2D eigenvalue weighted by atomic mass is 10.1. The molecule has 0 fully saturated rings. The van der Waals surface area contributed by atoms with Crippen LogP contribution in [0.1, 0.15) is 39.6 Å². The molecule has 0 aliphatic rings. The molecule has 0 saturated heterocycles. The minimum atomic E-state index is -0.569. The Morgan fingerprint density at radius 3 is 2.76 bits per heavy atom. The molecule has 0 aliphatic carbocycles. The third-order valence-corrected chi connectivity index (χ3v) is 4.03. The van der Waals surface area contributed by atoms with E-state index in [9.17, 15) is 9.59 Å². The summed E-state index contributed by atoms with van der Waals surface area (Å²) in [4.78, 5) is 28.2. The lowest BCUT2D eigenvalue weighted by Gasteiger charge is -2.00. The first kappa shape index (κ1) is 15.3. The Morgan fingerprint density at radius 1 is 1.38 bits per heavy atom. The van der Waals surface area contributed by atoms with Gasteiger partial charge in [0.15, 0.2) is 11.5 Å². The number of rotatable bonds is 5. The number of hydrogen-bond donors (Lipinski definition) is 1. The molecule has 0 saturated carbocycles. The summed E-state index contributed by atoms with van der Waals surface area (Å²) in [6.45, 7) is 3.79. The third kappa shape index (κ3) is 3.34. The highest BCUT2D eigenvalue weighted by atomic mass is 32.1. The lowest BCUT2D eigenvalue weighted by Crippen LogP contribution is -2.09. The fraction of sp³-hybridized carbons (Fsp3) is 0.267. The van der Waals surface area contributed by atoms with Gasteiger partial charge in [-0.15, -0.1) is 11.3 Å². The Hall–Kier alpha value is -2.05. The lowest BCUT2D eigenvalue weighted by molar-refractivity contribution is 0.0517. The van der Waals surface area contributed by atoms with Gasteiger partial charge in [-0.2, -0.15) is 0 Å². The van der Waals surface area contributed by atoms with E-state index in [0.717, 1.165) is 11.1 Å². The Kier molecular flexibility index (Phi) is 4.82. The zero-order valence-corrected chi connectivity index (χ0v) is 12.7. The average molecular weight is 304 g/mol. The molecule has 0 amide bonds. The number of benzene rings is 1. The van der Waals surface area contributed by atoms with Gasteiger partial charge in [0.05, 0.1) is 6.61 Å². The molecule has 1 heterocycles. The van der Waals surface area contributed by atoms with Gasteiger partial charge >= 0.3 is 5.97 Å². The Labute approximate surface area is 126 Å². The van der Waals surface area contributed by atoms with Crippen molar-refractivity contribution in [3.05, 3.63) is 40.4 Å². The molecular formula is C15H16N2O3S. The van der Waals surface area contributed by atoms with E-state index < -0.39 is 5.97 Å². The van der Waals surface area contributed by atoms with E-state index in [2.05, 4.69) is 4.98 Å². The molecule has 110 valence electrons. The van der Waals surface area contributed by atoms with Gasteiger partial charge < -0.3 is 10.5 Å². The minimum absolute atomic E-state index is 0.0856. The van der Waals surface area contributed by atoms with Crippen molar-refractivity contribution in [2.75, 3.05) is 6.61 Å². The monoisotopic (exact) mass is 304 g/mol. The highest BCUT2D eigenvalue weighted by molar-refractivity contribution is 7.17. The van der Waals surface area contributed by atoms with E-state index in [1.54, 1.807) is 6.92 Å². The number of ketones is 1. The quantitative estimate of drug-likeness (QED) is 0.678. The van der Waals surface area contributed by atoms with E-state index >= 15 is 0 Å². The predicted octanol–water partition coefficient (Wildman–Crippen LogP) is 2.65. The van der Waals surface area contributed by atoms with E-state index in [1.165, 1.54) is 18.3 Å². The van der Waals surface area contributed by atoms with Crippen molar-refractivity contribution in [1.29, 1.82) is 0 Å². The topological polar surface area (TPSA) is 82.3 Å². The Balaban J connectivity index is 2.48. The molecule has 2 aromatic rings. The number of Topliss-reactive ketones (excluding diaryl/α,β-unsaturated/α-hetero) is 1. The van der Waals surface area contributed by atoms with Crippen LogP contribution < -0.4 is 5.73 Å². The standard InChI is InChI=1S/C15H16N2O3S/c1-3-20-15(19)12-13(9(2)18)21-14(17-12)11-6-4-5-10(7-11)8-16/h4-7H,3,8,16H2,1-2H3. The van der Waals surface area contributed by atoms with Gasteiger partial charge in [0, 0.05) is 19.0 Å². The highest BCUT2D eigenvalue weighted by Gasteiger charge is 2.22. The van der Waals surface area contributed by atoms with Crippen molar-refractivity contribution < 1.29 is 14.3 Å². The van der Waals surface area contributed by atoms with Gasteiger partial charge in [-0.1, -0.05) is 18.2 Å². The van der Waals surface area contributed by atoms with Crippen molar-refractivity contribution in [2.45, 2.75) is 20.4 Å². The van der Waals surface area contributed by atoms with Crippen LogP contribution in [0.25, 0.3) is 10.6 Å². The van der Waals surface area contributed by atoms with Crippen LogP contribution in [0.2, 0.25) is 0 Å². The number of esters is 1. The summed E-state index contributed by atoms with van der Waals surface area (Å²) in [6, 6.07) is 7.56. The van der Waals surface area contributed by atoms with Crippen LogP contribution in [0.5, 0.6) is 0 Å². The summed E-state index contributed by atoms with van der Waals surface area (Å²) in [5, 5.41) is 0.610. The summed E-state index contributed by atoms with van der Waals surface area (Å²) < 4.78 is 4.95. The summed E-state index contributed by atoms with van der Waals surface area (Å²) in [5.74, 6) is -0.767. The first-order valence-electron chi connectivity index (χ1n) is 6.55. The maximum Gasteiger partial charge on any atom is 0.358 e. The normalized spacial score (nSPS) is 10.4. The molecule has 0 atom stereocenters. The minimum Gasteiger partial charge on any atom is -0.461 e. The van der Waals surface area contributed by atoms with Crippen LogP contribution in [-0.4, -0.2) is 23.3 Å². The molecule has 0 unspecified atom stereocenters. The first-order chi connectivity index (χ1) is 10.1. The van der Waals surface area contributed by atoms with Gasteiger partial charge in [0.2, 0.25) is 0 Å². The number of hydrogen-bond acceptors (Lipinski definition) is 6. The largest absolute Gasteiger partial charge is 0.461 e. The Bertz CT molecular complexity index is 679. The maximum absolute atomic E-state index is 11.9. The van der Waals surface area contributed by atoms with E-state index in [1.807, 2.05) is 24.3 Å². The van der Waals surface area contributed by atoms with Crippen molar-refractivity contribution >= 4 is 23.1 Å². The Morgan fingerprint density at radius 2 is 2.14 bits per heavy atom. The van der Waals surface area contributed by atoms with Gasteiger partial charge in [0.25, 0.3) is 0 Å². The second kappa shape index (κ2) is 6.60. The molecule has 0 aliphatic heterocycles. The van der Waals surface area contributed by atoms with Crippen molar-refractivity contribution in [2.24, 2.45) is 5.73 Å². The van der Waals surface area contributed by atoms with Crippen LogP contribution in [0, 0.1) is 0 Å². The molecule has 0 spiro atoms. The van der Waals surface area contributed by atoms with Gasteiger partial charge in [-0.05, 0) is 18.6 Å². The molecule has 0 bridgehead atoms. The molecule has 6 heteroatoms. The fourth-order valence-electron chi connectivity index (χ4n) is 1.85. The average Bonchev–Trinajstić information content (AvgIpc) is 2.93. The van der Waals surface area contributed by atoms with Crippen LogP contribution in [0.3, 0.4) is 0 Å². The molecule has 1 aromatic heterocycles. The van der Waals surface area contributed by atoms with Gasteiger partial charge in [-0.3, -0.25) is 4.79 Å². The van der Waals surface area contributed by atoms with Gasteiger partial charge in [-0.25, -0.2) is 9.78 Å². The number of carbonyl (C=O) groups excluding carboxylic acids is 2. The highest BCUT2D eigenvalue weighted by Crippen LogP contribution is 2.29. The molecule has 2 N–H and O–H groups in total. The summed E-state index contributed by atoms with van der Waals surface area (Å²) in [7, 11) is 0.